The number of aliphatic hydroxyl groups excluding tert-OH is 1. The number of sulfonamides is 1. The number of aliphatic hydroxyl groups is 1. The van der Waals surface area contributed by atoms with E-state index in [4.69, 9.17) is 31.2 Å². The Labute approximate surface area is 429 Å². The largest absolute Gasteiger partial charge is 0.489 e. The van der Waals surface area contributed by atoms with Crippen LogP contribution in [0.5, 0.6) is 5.75 Å². The number of thiocarbonyl (C=S) groups is 1. The monoisotopic (exact) mass is 1040 g/mol. The normalized spacial score (nSPS) is 16.7. The Hall–Kier alpha value is -6.28. The van der Waals surface area contributed by atoms with E-state index >= 15 is 0 Å². The second-order valence-corrected chi connectivity index (χ2v) is 19.6. The third kappa shape index (κ3) is 15.6. The predicted octanol–water partition coefficient (Wildman–Crippen LogP) is 2.02. The summed E-state index contributed by atoms with van der Waals surface area (Å²) in [5.74, 6) is -2.56. The van der Waals surface area contributed by atoms with Crippen LogP contribution >= 0.6 is 12.2 Å². The first-order chi connectivity index (χ1) is 35.4. The standard InChI is InChI=1S/C50H61N9O12S2/c60-43-17-16-41(47(63)56-43)59-48(64)40-6-1-7-42(45(40)49(59)65)71-34-44(61)52-19-3-25-68-27-29-70-30-28-69-26-4-20-53-46(62)37-10-8-35(9-11-37)33-57-21-23-58(24-22-57)73(66,67)39-14-12-38(13-15-39)55-50(72)54-32-36-5-2-18-51-31-36/h1-2,5-15,18,31,41,44,52,61H,3-4,16-17,19-30,32-34H2,(H,53,62)(H2,54,55,72)(H,56,60,63). The molecular weight excluding hydrogens is 983 g/mol. The summed E-state index contributed by atoms with van der Waals surface area (Å²) in [7, 11) is -3.67. The minimum absolute atomic E-state index is 0.0101. The molecule has 0 saturated carbocycles. The van der Waals surface area contributed by atoms with Crippen LogP contribution in [0.1, 0.15) is 67.9 Å². The van der Waals surface area contributed by atoms with E-state index in [1.807, 2.05) is 24.3 Å². The molecule has 5 amide bonds. The van der Waals surface area contributed by atoms with Gasteiger partial charge in [0.05, 0.1) is 42.4 Å². The van der Waals surface area contributed by atoms with Crippen LogP contribution in [0.2, 0.25) is 0 Å². The number of carbonyl (C=O) groups excluding carboxylic acids is 5. The highest BCUT2D eigenvalue weighted by Gasteiger charge is 2.46. The number of pyridine rings is 1. The molecule has 2 atom stereocenters. The number of nitrogens with one attached hydrogen (secondary N) is 5. The van der Waals surface area contributed by atoms with Gasteiger partial charge in [-0.25, -0.2) is 8.42 Å². The maximum atomic E-state index is 13.4. The van der Waals surface area contributed by atoms with Crippen LogP contribution in [0, 0.1) is 0 Å². The first-order valence-electron chi connectivity index (χ1n) is 24.1. The number of benzene rings is 3. The molecule has 4 aromatic rings. The fraction of sp³-hybridized carbons (Fsp3) is 0.420. The first-order valence-corrected chi connectivity index (χ1v) is 26.0. The van der Waals surface area contributed by atoms with Crippen LogP contribution in [0.3, 0.4) is 0 Å². The average Bonchev–Trinajstić information content (AvgIpc) is 3.65. The van der Waals surface area contributed by atoms with Crippen LogP contribution in [0.4, 0.5) is 5.69 Å². The molecule has 0 aliphatic carbocycles. The zero-order valence-electron chi connectivity index (χ0n) is 40.3. The highest BCUT2D eigenvalue weighted by molar-refractivity contribution is 7.89. The number of rotatable bonds is 27. The van der Waals surface area contributed by atoms with E-state index in [0.717, 1.165) is 16.0 Å². The number of nitrogens with zero attached hydrogens (tertiary/aromatic N) is 4. The van der Waals surface area contributed by atoms with E-state index < -0.39 is 45.9 Å². The van der Waals surface area contributed by atoms with Crippen molar-refractivity contribution in [3.63, 3.8) is 0 Å². The number of hydrogen-bond donors (Lipinski definition) is 6. The van der Waals surface area contributed by atoms with Crippen molar-refractivity contribution in [2.75, 3.05) is 90.8 Å². The topological polar surface area (TPSA) is 259 Å². The summed E-state index contributed by atoms with van der Waals surface area (Å²) in [4.78, 5) is 70.3. The molecule has 6 N–H and O–H groups in total. The van der Waals surface area contributed by atoms with E-state index in [-0.39, 0.29) is 47.1 Å². The average molecular weight is 1040 g/mol. The van der Waals surface area contributed by atoms with E-state index in [0.29, 0.717) is 121 Å². The summed E-state index contributed by atoms with van der Waals surface area (Å²) in [5.41, 5.74) is 3.34. The summed E-state index contributed by atoms with van der Waals surface area (Å²) in [5, 5.41) is 25.0. The van der Waals surface area contributed by atoms with E-state index in [9.17, 15) is 37.5 Å². The summed E-state index contributed by atoms with van der Waals surface area (Å²) in [6, 6.07) is 21.2. The number of carbonyl (C=O) groups is 5. The molecule has 390 valence electrons. The van der Waals surface area contributed by atoms with Crippen molar-refractivity contribution in [3.05, 3.63) is 119 Å². The van der Waals surface area contributed by atoms with E-state index in [1.54, 1.807) is 54.9 Å². The minimum atomic E-state index is -3.67. The molecule has 73 heavy (non-hydrogen) atoms. The molecule has 0 spiro atoms. The van der Waals surface area contributed by atoms with Crippen LogP contribution in [0.25, 0.3) is 0 Å². The minimum Gasteiger partial charge on any atom is -0.489 e. The SMILES string of the molecule is O=C1CCC(N2C(=O)c3cccc(OCC(O)NCCCOCCOCCOCCCNC(=O)c4ccc(CN5CCN(S(=O)(=O)c6ccc(NC(=S)NCc7cccnc7)cc6)CC5)cc4)c3C2=O)C(=O)N1. The van der Waals surface area contributed by atoms with Crippen molar-refractivity contribution in [3.8, 4) is 5.75 Å². The summed E-state index contributed by atoms with van der Waals surface area (Å²) >= 11 is 5.38. The zero-order valence-corrected chi connectivity index (χ0v) is 41.9. The van der Waals surface area contributed by atoms with Crippen molar-refractivity contribution in [2.45, 2.75) is 55.9 Å². The number of anilines is 1. The second-order valence-electron chi connectivity index (χ2n) is 17.3. The molecule has 23 heteroatoms. The van der Waals surface area contributed by atoms with Crippen molar-refractivity contribution < 1.29 is 56.4 Å². The van der Waals surface area contributed by atoms with Crippen molar-refractivity contribution in [2.24, 2.45) is 0 Å². The molecule has 7 rings (SSSR count). The quantitative estimate of drug-likeness (QED) is 0.0216. The van der Waals surface area contributed by atoms with Crippen molar-refractivity contribution >= 4 is 62.6 Å². The highest BCUT2D eigenvalue weighted by atomic mass is 32.2. The fourth-order valence-electron chi connectivity index (χ4n) is 8.16. The Morgan fingerprint density at radius 1 is 0.808 bits per heavy atom. The molecule has 2 unspecified atom stereocenters. The Bertz CT molecular complexity index is 2640. The summed E-state index contributed by atoms with van der Waals surface area (Å²) in [6.07, 6.45) is 3.67. The molecule has 3 aliphatic rings. The Kier molecular flexibility index (Phi) is 20.3. The number of amides is 5. The molecule has 3 aliphatic heterocycles. The van der Waals surface area contributed by atoms with Crippen molar-refractivity contribution in [1.82, 2.24) is 40.4 Å². The molecule has 0 radical (unpaired) electrons. The maximum Gasteiger partial charge on any atom is 0.266 e. The van der Waals surface area contributed by atoms with Gasteiger partial charge in [-0.05, 0) is 104 Å². The number of imide groups is 2. The van der Waals surface area contributed by atoms with Gasteiger partial charge in [0, 0.05) is 89.1 Å². The lowest BCUT2D eigenvalue weighted by molar-refractivity contribution is -0.136. The molecule has 4 heterocycles. The number of fused-ring (bicyclic) bond motifs is 1. The Balaban J connectivity index is 0.665. The van der Waals surface area contributed by atoms with Crippen LogP contribution in [0.15, 0.2) is 96.2 Å². The molecule has 2 fully saturated rings. The fourth-order valence-corrected chi connectivity index (χ4v) is 9.77. The van der Waals surface area contributed by atoms with Gasteiger partial charge in [-0.15, -0.1) is 0 Å². The Morgan fingerprint density at radius 3 is 2.19 bits per heavy atom. The van der Waals surface area contributed by atoms with Gasteiger partial charge in [-0.2, -0.15) is 4.31 Å². The Morgan fingerprint density at radius 2 is 1.51 bits per heavy atom. The van der Waals surface area contributed by atoms with Gasteiger partial charge in [-0.1, -0.05) is 24.3 Å². The number of ether oxygens (including phenoxy) is 4. The van der Waals surface area contributed by atoms with Gasteiger partial charge >= 0.3 is 0 Å². The molecule has 2 saturated heterocycles. The smallest absolute Gasteiger partial charge is 0.266 e. The van der Waals surface area contributed by atoms with Crippen LogP contribution < -0.4 is 31.3 Å². The number of aromatic nitrogens is 1. The van der Waals surface area contributed by atoms with E-state index in [1.165, 1.54) is 16.4 Å². The van der Waals surface area contributed by atoms with Gasteiger partial charge in [0.25, 0.3) is 17.7 Å². The lowest BCUT2D eigenvalue weighted by atomic mass is 10.0. The van der Waals surface area contributed by atoms with Gasteiger partial charge in [0.15, 0.2) is 5.11 Å². The van der Waals surface area contributed by atoms with Gasteiger partial charge in [0.1, 0.15) is 24.6 Å². The third-order valence-electron chi connectivity index (χ3n) is 12.0. The lowest BCUT2D eigenvalue weighted by Gasteiger charge is -2.34. The molecule has 3 aromatic carbocycles. The highest BCUT2D eigenvalue weighted by Crippen LogP contribution is 2.33. The van der Waals surface area contributed by atoms with Crippen LogP contribution in [-0.4, -0.2) is 165 Å². The zero-order chi connectivity index (χ0) is 51.6. The van der Waals surface area contributed by atoms with Gasteiger partial charge < -0.3 is 40.0 Å². The number of hydrogen-bond acceptors (Lipinski definition) is 16. The number of piperidine rings is 1. The third-order valence-corrected chi connectivity index (χ3v) is 14.2. The summed E-state index contributed by atoms with van der Waals surface area (Å²) < 4.78 is 50.8. The molecule has 0 bridgehead atoms. The van der Waals surface area contributed by atoms with Crippen molar-refractivity contribution in [1.29, 1.82) is 0 Å². The van der Waals surface area contributed by atoms with Gasteiger partial charge in [-0.3, -0.25) is 49.4 Å². The lowest BCUT2D eigenvalue weighted by Crippen LogP contribution is -2.54. The molecular formula is C50H61N9O12S2. The molecule has 21 nitrogen and oxygen atoms in total. The first kappa shape index (κ1) is 54.5. The predicted molar refractivity (Wildman–Crippen MR) is 271 cm³/mol. The maximum absolute atomic E-state index is 13.4. The van der Waals surface area contributed by atoms with Crippen LogP contribution in [-0.2, 0) is 46.9 Å². The van der Waals surface area contributed by atoms with Gasteiger partial charge in [0.2, 0.25) is 21.8 Å². The van der Waals surface area contributed by atoms with E-state index in [2.05, 4.69) is 36.5 Å². The summed E-state index contributed by atoms with van der Waals surface area (Å²) in [6.45, 7) is 6.11. The second kappa shape index (κ2) is 27.1. The molecule has 1 aromatic heterocycles. The number of piperazine rings is 1.